The molecule has 0 radical (unpaired) electrons. The molecule has 0 aliphatic carbocycles. The summed E-state index contributed by atoms with van der Waals surface area (Å²) in [5.74, 6) is 0. The van der Waals surface area contributed by atoms with Gasteiger partial charge in [-0.1, -0.05) is 0 Å². The van der Waals surface area contributed by atoms with Crippen molar-refractivity contribution in [3.05, 3.63) is 0 Å². The van der Waals surface area contributed by atoms with E-state index in [1.54, 1.807) is 0 Å². The van der Waals surface area contributed by atoms with Crippen LogP contribution in [-0.4, -0.2) is 75.9 Å². The quantitative estimate of drug-likeness (QED) is 0.591. The second kappa shape index (κ2) is 3.77. The fraction of sp³-hybridized carbons (Fsp3) is 1.00. The van der Waals surface area contributed by atoms with E-state index in [1.807, 2.05) is 14.2 Å². The number of hydrogen-bond donors (Lipinski definition) is 0. The highest BCUT2D eigenvalue weighted by molar-refractivity contribution is 4.58. The number of methoxy groups -OCH3 is 2. The molecule has 0 amide bonds. The summed E-state index contributed by atoms with van der Waals surface area (Å²) in [5.41, 5.74) is 0. The predicted octanol–water partition coefficient (Wildman–Crippen LogP) is -0.145. The zero-order chi connectivity index (χ0) is 10.1. The van der Waals surface area contributed by atoms with E-state index in [0.29, 0.717) is 0 Å². The normalized spacial score (nSPS) is 41.6. The molecule has 4 nitrogen and oxygen atoms in total. The largest absolute Gasteiger partial charge is 0.335 e. The third kappa shape index (κ3) is 1.67. The Balaban J connectivity index is 1.98. The van der Waals surface area contributed by atoms with Crippen LogP contribution in [0.5, 0.6) is 0 Å². The van der Waals surface area contributed by atoms with E-state index in [0.717, 1.165) is 13.5 Å². The van der Waals surface area contributed by atoms with E-state index in [9.17, 15) is 0 Å². The third-order valence-electron chi connectivity index (χ3n) is 3.95. The van der Waals surface area contributed by atoms with Crippen molar-refractivity contribution < 1.29 is 18.4 Å². The van der Waals surface area contributed by atoms with Crippen LogP contribution in [0.4, 0.5) is 0 Å². The van der Waals surface area contributed by atoms with Gasteiger partial charge in [-0.2, -0.15) is 0 Å². The molecule has 3 heterocycles. The zero-order valence-corrected chi connectivity index (χ0v) is 9.37. The molecule has 0 atom stereocenters. The maximum atomic E-state index is 5.33. The molecule has 3 aliphatic rings. The maximum absolute atomic E-state index is 5.33. The molecular formula is C10H22N2O2+2. The summed E-state index contributed by atoms with van der Waals surface area (Å²) in [5, 5.41) is 0. The van der Waals surface area contributed by atoms with E-state index in [4.69, 9.17) is 9.47 Å². The molecule has 14 heavy (non-hydrogen) atoms. The van der Waals surface area contributed by atoms with Crippen LogP contribution in [-0.2, 0) is 9.47 Å². The maximum Gasteiger partial charge on any atom is 0.183 e. The topological polar surface area (TPSA) is 18.5 Å². The van der Waals surface area contributed by atoms with Crippen molar-refractivity contribution in [3.63, 3.8) is 0 Å². The molecule has 3 rings (SSSR count). The van der Waals surface area contributed by atoms with E-state index in [2.05, 4.69) is 0 Å². The highest BCUT2D eigenvalue weighted by Crippen LogP contribution is 2.26. The first kappa shape index (κ1) is 10.4. The van der Waals surface area contributed by atoms with Gasteiger partial charge in [-0.15, -0.1) is 0 Å². The number of rotatable bonds is 4. The molecule has 0 aromatic heterocycles. The molecule has 0 N–H and O–H groups in total. The zero-order valence-electron chi connectivity index (χ0n) is 9.37. The lowest BCUT2D eigenvalue weighted by molar-refractivity contribution is -1.09. The summed E-state index contributed by atoms with van der Waals surface area (Å²) in [6.07, 6.45) is 0. The van der Waals surface area contributed by atoms with Gasteiger partial charge in [0, 0.05) is 14.2 Å². The Morgan fingerprint density at radius 1 is 0.714 bits per heavy atom. The number of ether oxygens (including phenoxy) is 2. The van der Waals surface area contributed by atoms with Gasteiger partial charge in [0.15, 0.2) is 13.5 Å². The molecule has 82 valence electrons. The fourth-order valence-corrected chi connectivity index (χ4v) is 2.88. The van der Waals surface area contributed by atoms with Gasteiger partial charge in [0.1, 0.15) is 39.3 Å². The molecule has 0 aromatic carbocycles. The van der Waals surface area contributed by atoms with Gasteiger partial charge in [-0.25, -0.2) is 0 Å². The predicted molar refractivity (Wildman–Crippen MR) is 53.5 cm³/mol. The molecule has 0 unspecified atom stereocenters. The van der Waals surface area contributed by atoms with Crippen molar-refractivity contribution in [2.75, 3.05) is 66.9 Å². The summed E-state index contributed by atoms with van der Waals surface area (Å²) < 4.78 is 13.0. The van der Waals surface area contributed by atoms with Crippen LogP contribution >= 0.6 is 0 Å². The van der Waals surface area contributed by atoms with Crippen LogP contribution in [0.15, 0.2) is 0 Å². The van der Waals surface area contributed by atoms with Gasteiger partial charge >= 0.3 is 0 Å². The molecular weight excluding hydrogens is 180 g/mol. The van der Waals surface area contributed by atoms with Gasteiger partial charge in [0.25, 0.3) is 0 Å². The molecule has 4 heteroatoms. The van der Waals surface area contributed by atoms with Gasteiger partial charge < -0.3 is 9.47 Å². The molecule has 0 aromatic rings. The van der Waals surface area contributed by atoms with Crippen LogP contribution in [0, 0.1) is 0 Å². The summed E-state index contributed by atoms with van der Waals surface area (Å²) in [4.78, 5) is 0. The number of fused-ring (bicyclic) bond motifs is 3. The average molecular weight is 202 g/mol. The minimum atomic E-state index is 0.896. The molecule has 0 spiro atoms. The first-order valence-electron chi connectivity index (χ1n) is 5.42. The summed E-state index contributed by atoms with van der Waals surface area (Å²) in [6, 6.07) is 0. The Bertz CT molecular complexity index is 162. The average Bonchev–Trinajstić information content (AvgIpc) is 2.22. The molecule has 3 aliphatic heterocycles. The number of nitrogens with zero attached hydrogens (tertiary/aromatic N) is 2. The smallest absolute Gasteiger partial charge is 0.183 e. The summed E-state index contributed by atoms with van der Waals surface area (Å²) >= 11 is 0. The van der Waals surface area contributed by atoms with Crippen LogP contribution in [0.1, 0.15) is 0 Å². The van der Waals surface area contributed by atoms with Gasteiger partial charge in [-0.05, 0) is 0 Å². The van der Waals surface area contributed by atoms with Crippen molar-refractivity contribution in [1.82, 2.24) is 0 Å². The first-order chi connectivity index (χ1) is 6.74. The third-order valence-corrected chi connectivity index (χ3v) is 3.95. The van der Waals surface area contributed by atoms with E-state index in [1.165, 1.54) is 48.2 Å². The van der Waals surface area contributed by atoms with Crippen molar-refractivity contribution >= 4 is 0 Å². The van der Waals surface area contributed by atoms with Gasteiger partial charge in [0.05, 0.1) is 0 Å². The standard InChI is InChI=1S/C10H22N2O2/c1-13-9-11-3-6-12(7-4-11,8-5-11)10-14-2/h3-10H2,1-2H3/q+2. The molecule has 3 saturated heterocycles. The van der Waals surface area contributed by atoms with Crippen LogP contribution in [0.25, 0.3) is 0 Å². The fourth-order valence-electron chi connectivity index (χ4n) is 2.88. The molecule has 3 fully saturated rings. The second-order valence-corrected chi connectivity index (χ2v) is 4.86. The second-order valence-electron chi connectivity index (χ2n) is 4.86. The first-order valence-corrected chi connectivity index (χ1v) is 5.42. The van der Waals surface area contributed by atoms with E-state index >= 15 is 0 Å². The van der Waals surface area contributed by atoms with Gasteiger partial charge in [-0.3, -0.25) is 8.97 Å². The van der Waals surface area contributed by atoms with Crippen molar-refractivity contribution in [3.8, 4) is 0 Å². The minimum Gasteiger partial charge on any atom is -0.335 e. The summed E-state index contributed by atoms with van der Waals surface area (Å²) in [7, 11) is 3.63. The molecule has 2 bridgehead atoms. The number of piperazine rings is 3. The number of hydrogen-bond acceptors (Lipinski definition) is 2. The Kier molecular flexibility index (Phi) is 2.79. The Morgan fingerprint density at radius 2 is 1.00 bits per heavy atom. The van der Waals surface area contributed by atoms with Crippen molar-refractivity contribution in [1.29, 1.82) is 0 Å². The molecule has 0 saturated carbocycles. The van der Waals surface area contributed by atoms with Crippen LogP contribution in [0.3, 0.4) is 0 Å². The SMILES string of the molecule is COC[N+]12CC[N+](COC)(CC1)CC2. The van der Waals surface area contributed by atoms with Crippen LogP contribution < -0.4 is 0 Å². The Hall–Kier alpha value is -0.160. The lowest BCUT2D eigenvalue weighted by Gasteiger charge is -2.54. The summed E-state index contributed by atoms with van der Waals surface area (Å²) in [6.45, 7) is 9.36. The Labute approximate surface area is 86.2 Å². The highest BCUT2D eigenvalue weighted by Gasteiger charge is 2.48. The number of quaternary nitrogens is 2. The minimum absolute atomic E-state index is 0.896. The van der Waals surface area contributed by atoms with Crippen molar-refractivity contribution in [2.24, 2.45) is 0 Å². The lowest BCUT2D eigenvalue weighted by atomic mass is 10.1. The lowest BCUT2D eigenvalue weighted by Crippen LogP contribution is -2.75. The monoisotopic (exact) mass is 202 g/mol. The highest BCUT2D eigenvalue weighted by atomic mass is 16.5. The van der Waals surface area contributed by atoms with Gasteiger partial charge in [0.2, 0.25) is 0 Å². The van der Waals surface area contributed by atoms with E-state index < -0.39 is 0 Å². The Morgan fingerprint density at radius 3 is 1.21 bits per heavy atom. The van der Waals surface area contributed by atoms with Crippen LogP contribution in [0.2, 0.25) is 0 Å². The van der Waals surface area contributed by atoms with Crippen molar-refractivity contribution in [2.45, 2.75) is 0 Å². The van der Waals surface area contributed by atoms with E-state index in [-0.39, 0.29) is 0 Å².